The molecule has 6 unspecified atom stereocenters. The van der Waals surface area contributed by atoms with Gasteiger partial charge in [0, 0.05) is 52.2 Å². The topological polar surface area (TPSA) is 175 Å². The number of ether oxygens (including phenoxy) is 2. The minimum atomic E-state index is -1.03. The second kappa shape index (κ2) is 16.3. The second-order valence-electron chi connectivity index (χ2n) is 15.9. The summed E-state index contributed by atoms with van der Waals surface area (Å²) in [5, 5.41) is 21.3. The highest BCUT2D eigenvalue weighted by Gasteiger charge is 2.65. The van der Waals surface area contributed by atoms with Crippen LogP contribution in [0.1, 0.15) is 77.3 Å². The molecule has 0 aromatic carbocycles. The summed E-state index contributed by atoms with van der Waals surface area (Å²) >= 11 is 0. The molecule has 1 aromatic heterocycles. The van der Waals surface area contributed by atoms with Gasteiger partial charge >= 0.3 is 5.91 Å². The molecule has 14 nitrogen and oxygen atoms in total. The molecule has 51 heavy (non-hydrogen) atoms. The number of aliphatic hydroxyl groups is 1. The zero-order chi connectivity index (χ0) is 37.0. The van der Waals surface area contributed by atoms with Gasteiger partial charge in [0.25, 0.3) is 0 Å². The second-order valence-corrected chi connectivity index (χ2v) is 15.9. The van der Waals surface area contributed by atoms with Crippen LogP contribution in [0.25, 0.3) is 0 Å². The number of nitrogens with zero attached hydrogens (tertiary/aromatic N) is 6. The van der Waals surface area contributed by atoms with E-state index in [0.29, 0.717) is 55.8 Å². The molecule has 5 rings (SSSR count). The molecule has 3 fully saturated rings. The Hall–Kier alpha value is -3.04. The molecule has 14 heteroatoms. The lowest BCUT2D eigenvalue weighted by Crippen LogP contribution is -2.62. The number of aryl methyl sites for hydroxylation is 1. The highest BCUT2D eigenvalue weighted by molar-refractivity contribution is 5.91. The van der Waals surface area contributed by atoms with E-state index in [4.69, 9.17) is 9.47 Å². The van der Waals surface area contributed by atoms with E-state index in [1.807, 2.05) is 24.2 Å². The van der Waals surface area contributed by atoms with E-state index in [-0.39, 0.29) is 80.3 Å². The van der Waals surface area contributed by atoms with Gasteiger partial charge in [-0.1, -0.05) is 24.6 Å². The number of carbonyl (C=O) groups is 4. The van der Waals surface area contributed by atoms with Crippen LogP contribution >= 0.6 is 0 Å². The molecule has 6 atom stereocenters. The van der Waals surface area contributed by atoms with E-state index in [1.54, 1.807) is 4.68 Å². The molecule has 4 aliphatic rings. The van der Waals surface area contributed by atoms with Gasteiger partial charge in [0.05, 0.1) is 32.5 Å². The van der Waals surface area contributed by atoms with Crippen molar-refractivity contribution < 1.29 is 39.5 Å². The van der Waals surface area contributed by atoms with Crippen LogP contribution in [0.5, 0.6) is 0 Å². The van der Waals surface area contributed by atoms with Gasteiger partial charge in [-0.25, -0.2) is 4.79 Å². The first-order valence-corrected chi connectivity index (χ1v) is 18.7. The van der Waals surface area contributed by atoms with Crippen LogP contribution in [-0.4, -0.2) is 132 Å². The van der Waals surface area contributed by atoms with E-state index in [1.165, 1.54) is 29.6 Å². The van der Waals surface area contributed by atoms with Crippen LogP contribution in [0.15, 0.2) is 17.8 Å². The number of hydrogen-bond donors (Lipinski definition) is 2. The number of hydrogen-bond acceptors (Lipinski definition) is 10. The molecule has 284 valence electrons. The first-order valence-electron chi connectivity index (χ1n) is 18.7. The number of rotatable bonds is 17. The van der Waals surface area contributed by atoms with Gasteiger partial charge in [-0.3, -0.25) is 29.7 Å². The van der Waals surface area contributed by atoms with Crippen molar-refractivity contribution in [2.75, 3.05) is 73.7 Å². The first kappa shape index (κ1) is 39.2. The first-order chi connectivity index (χ1) is 24.3. The van der Waals surface area contributed by atoms with E-state index >= 15 is 0 Å². The standard InChI is InChI=1S/C37H59N7O7/c1-35-12-9-27(45)21-26(35)7-8-28-29(35)10-13-36(2)30(28)11-14-37(36,49)31-22-44(40-39-31)16-6-15-41(3)24-33(47)43(18-20-51-5)25-34(48)42(17-19-50-4)23-32(38)46/h21-22,28-30,49H,6-20,23-25H2,1-5H3,(H2,38,46)/p+1. The van der Waals surface area contributed by atoms with Crippen LogP contribution in [-0.2, 0) is 40.8 Å². The summed E-state index contributed by atoms with van der Waals surface area (Å²) in [5.74, 6) is 0.829. The molecule has 3 saturated carbocycles. The molecule has 0 spiro atoms. The normalized spacial score (nSPS) is 30.0. The van der Waals surface area contributed by atoms with Gasteiger partial charge in [0.1, 0.15) is 17.8 Å². The Bertz CT molecular complexity index is 1470. The van der Waals surface area contributed by atoms with Gasteiger partial charge < -0.3 is 24.4 Å². The maximum Gasteiger partial charge on any atom is 0.328 e. The van der Waals surface area contributed by atoms with Crippen molar-refractivity contribution in [3.8, 4) is 0 Å². The predicted octanol–water partition coefficient (Wildman–Crippen LogP) is 1.04. The third-order valence-corrected chi connectivity index (χ3v) is 12.9. The number of aromatic nitrogens is 3. The van der Waals surface area contributed by atoms with Crippen molar-refractivity contribution in [3.63, 3.8) is 0 Å². The maximum atomic E-state index is 13.3. The average molecular weight is 715 g/mol. The number of fused-ring (bicyclic) bond motifs is 5. The third-order valence-electron chi connectivity index (χ3n) is 12.9. The zero-order valence-corrected chi connectivity index (χ0v) is 31.4. The van der Waals surface area contributed by atoms with Crippen LogP contribution in [0.3, 0.4) is 0 Å². The summed E-state index contributed by atoms with van der Waals surface area (Å²) in [6.07, 6.45) is 11.9. The predicted molar refractivity (Wildman–Crippen MR) is 188 cm³/mol. The summed E-state index contributed by atoms with van der Waals surface area (Å²) in [4.78, 5) is 54.9. The molecular formula is C37H60N7O7+. The van der Waals surface area contributed by atoms with Crippen molar-refractivity contribution in [1.29, 1.82) is 0 Å². The number of quaternary nitrogens is 1. The molecule has 0 radical (unpaired) electrons. The van der Waals surface area contributed by atoms with E-state index in [0.717, 1.165) is 38.5 Å². The summed E-state index contributed by atoms with van der Waals surface area (Å²) in [6, 6.07) is 0. The number of likely N-dealkylation sites (N-methyl/N-ethyl adjacent to an activating group) is 1. The highest BCUT2D eigenvalue weighted by atomic mass is 16.5. The third kappa shape index (κ3) is 8.14. The van der Waals surface area contributed by atoms with Crippen molar-refractivity contribution in [2.45, 2.75) is 83.8 Å². The molecule has 0 saturated heterocycles. The molecule has 4 N–H and O–H groups in total. The summed E-state index contributed by atoms with van der Waals surface area (Å²) < 4.78 is 12.1. The van der Waals surface area contributed by atoms with E-state index < -0.39 is 5.60 Å². The molecule has 1 heterocycles. The smallest absolute Gasteiger partial charge is 0.328 e. The number of carbonyl (C=O) groups excluding carboxylic acids is 4. The molecular weight excluding hydrogens is 654 g/mol. The minimum Gasteiger partial charge on any atom is -0.383 e. The molecule has 3 amide bonds. The van der Waals surface area contributed by atoms with E-state index in [2.05, 4.69) is 29.9 Å². The van der Waals surface area contributed by atoms with Crippen LogP contribution < -0.4 is 5.73 Å². The van der Waals surface area contributed by atoms with Gasteiger partial charge in [-0.2, -0.15) is 0 Å². The Balaban J connectivity index is 1.15. The molecule has 0 aliphatic heterocycles. The molecule has 4 aliphatic carbocycles. The lowest BCUT2D eigenvalue weighted by molar-refractivity contribution is -0.306. The Morgan fingerprint density at radius 3 is 2.29 bits per heavy atom. The van der Waals surface area contributed by atoms with E-state index in [9.17, 15) is 24.3 Å². The number of ketones is 1. The molecule has 0 bridgehead atoms. The fraction of sp³-hybridized carbons (Fsp3) is 0.784. The van der Waals surface area contributed by atoms with Crippen LogP contribution in [0, 0.1) is 28.6 Å². The zero-order valence-electron chi connectivity index (χ0n) is 31.4. The summed E-state index contributed by atoms with van der Waals surface area (Å²) in [5.41, 5.74) is 4.17. The maximum absolute atomic E-state index is 13.3. The van der Waals surface area contributed by atoms with Gasteiger partial charge in [0.15, 0.2) is 5.78 Å². The lowest BCUT2D eigenvalue weighted by Gasteiger charge is -2.59. The Morgan fingerprint density at radius 2 is 1.61 bits per heavy atom. The molecule has 1 aromatic rings. The number of methoxy groups -OCH3 is 2. The summed E-state index contributed by atoms with van der Waals surface area (Å²) in [6.45, 7) is 6.66. The van der Waals surface area contributed by atoms with Crippen LogP contribution in [0.4, 0.5) is 0 Å². The Kier molecular flexibility index (Phi) is 12.5. The Morgan fingerprint density at radius 1 is 0.941 bits per heavy atom. The Labute approximate surface area is 302 Å². The van der Waals surface area contributed by atoms with Crippen molar-refractivity contribution in [1.82, 2.24) is 29.7 Å². The van der Waals surface area contributed by atoms with Gasteiger partial charge in [0.2, 0.25) is 11.8 Å². The summed E-state index contributed by atoms with van der Waals surface area (Å²) in [7, 11) is 4.92. The highest BCUT2D eigenvalue weighted by Crippen LogP contribution is 2.69. The monoisotopic (exact) mass is 714 g/mol. The van der Waals surface area contributed by atoms with Crippen molar-refractivity contribution in [2.24, 2.45) is 28.6 Å². The fourth-order valence-electron chi connectivity index (χ4n) is 9.97. The SMILES string of the molecule is COCCN(CC([NH3+])=O)C(=O)CN(CCOC)C(=O)CN(C)CCCn1cc(C2(O)CCC3C4CCC5=CC(=O)CCC5(C)C4CCC32C)nn1. The quantitative estimate of drug-likeness (QED) is 0.237. The van der Waals surface area contributed by atoms with Crippen molar-refractivity contribution in [3.05, 3.63) is 23.5 Å². The number of allylic oxidation sites excluding steroid dienone is 1. The largest absolute Gasteiger partial charge is 0.383 e. The van der Waals surface area contributed by atoms with Crippen molar-refractivity contribution >= 4 is 23.5 Å². The average Bonchev–Trinajstić information content (AvgIpc) is 3.67. The van der Waals surface area contributed by atoms with Crippen LogP contribution in [0.2, 0.25) is 0 Å². The minimum absolute atomic E-state index is 0.0961. The lowest BCUT2D eigenvalue weighted by atomic mass is 9.46. The fourth-order valence-corrected chi connectivity index (χ4v) is 9.97. The number of amides is 3. The van der Waals surface area contributed by atoms with Gasteiger partial charge in [-0.15, -0.1) is 5.10 Å². The van der Waals surface area contributed by atoms with Gasteiger partial charge in [-0.05, 0) is 87.7 Å².